The van der Waals surface area contributed by atoms with Crippen molar-refractivity contribution in [3.63, 3.8) is 0 Å². The molecule has 3 heterocycles. The molecule has 0 radical (unpaired) electrons. The van der Waals surface area contributed by atoms with Gasteiger partial charge in [-0.2, -0.15) is 4.98 Å². The van der Waals surface area contributed by atoms with Crippen LogP contribution in [0.3, 0.4) is 0 Å². The second-order valence-corrected chi connectivity index (χ2v) is 8.85. The van der Waals surface area contributed by atoms with E-state index in [-0.39, 0.29) is 6.54 Å². The molecule has 0 amide bonds. The summed E-state index contributed by atoms with van der Waals surface area (Å²) in [6.45, 7) is 3.62. The number of likely N-dealkylation sites (N-methyl/N-ethyl adjacent to an activating group) is 1. The number of ether oxygens (including phenoxy) is 1. The highest BCUT2D eigenvalue weighted by atomic mass is 19.1. The Morgan fingerprint density at radius 2 is 2.00 bits per heavy atom. The Morgan fingerprint density at radius 1 is 1.16 bits per heavy atom. The number of aromatic nitrogens is 3. The summed E-state index contributed by atoms with van der Waals surface area (Å²) in [5.74, 6) is 1.21. The van der Waals surface area contributed by atoms with Crippen molar-refractivity contribution in [2.45, 2.75) is 70.1 Å². The second kappa shape index (κ2) is 10.9. The number of hydrogen-bond donors (Lipinski definition) is 2. The molecule has 2 atom stereocenters. The van der Waals surface area contributed by atoms with Crippen LogP contribution in [0.15, 0.2) is 24.5 Å². The molecule has 0 bridgehead atoms. The lowest BCUT2D eigenvalue weighted by atomic mass is 9.95. The van der Waals surface area contributed by atoms with Gasteiger partial charge < -0.3 is 20.3 Å². The molecule has 2 fully saturated rings. The largest absolute Gasteiger partial charge is 0.379 e. The van der Waals surface area contributed by atoms with Crippen LogP contribution in [-0.2, 0) is 4.74 Å². The Labute approximate surface area is 190 Å². The van der Waals surface area contributed by atoms with Crippen LogP contribution in [0.2, 0.25) is 0 Å². The van der Waals surface area contributed by atoms with Crippen molar-refractivity contribution in [3.8, 4) is 11.3 Å². The number of nitrogens with zero attached hydrogens (tertiary/aromatic N) is 4. The minimum atomic E-state index is -0.913. The van der Waals surface area contributed by atoms with Crippen LogP contribution in [0.1, 0.15) is 51.9 Å². The van der Waals surface area contributed by atoms with E-state index in [9.17, 15) is 4.39 Å². The molecule has 0 spiro atoms. The summed E-state index contributed by atoms with van der Waals surface area (Å²) in [7, 11) is 2.09. The van der Waals surface area contributed by atoms with E-state index in [1.807, 2.05) is 19.2 Å². The van der Waals surface area contributed by atoms with Crippen molar-refractivity contribution >= 4 is 17.5 Å². The number of hydrogen-bond acceptors (Lipinski definition) is 7. The van der Waals surface area contributed by atoms with Crippen LogP contribution in [0, 0.1) is 0 Å². The highest BCUT2D eigenvalue weighted by molar-refractivity contribution is 5.73. The van der Waals surface area contributed by atoms with E-state index in [1.54, 1.807) is 6.20 Å². The monoisotopic (exact) mass is 442 g/mol. The zero-order valence-corrected chi connectivity index (χ0v) is 19.2. The standard InChI is InChI=1S/C24H35FN6O/c1-3-17(25)13-27-24-28-15-21(23(30-24)29-18-7-5-4-6-8-18)22-10-9-19(14-26-22)31(2)20-11-12-32-16-20/h9-10,14-15,17-18,20H,3-8,11-13,16H2,1-2H3,(H2,27,28,29,30). The quantitative estimate of drug-likeness (QED) is 0.585. The number of nitrogens with one attached hydrogen (secondary N) is 2. The number of anilines is 3. The minimum absolute atomic E-state index is 0.211. The fraction of sp³-hybridized carbons (Fsp3) is 0.625. The number of halogens is 1. The van der Waals surface area contributed by atoms with E-state index in [2.05, 4.69) is 33.6 Å². The zero-order valence-electron chi connectivity index (χ0n) is 19.2. The Hall–Kier alpha value is -2.48. The average molecular weight is 443 g/mol. The molecule has 2 unspecified atom stereocenters. The summed E-state index contributed by atoms with van der Waals surface area (Å²) in [4.78, 5) is 16.1. The Morgan fingerprint density at radius 3 is 2.69 bits per heavy atom. The Balaban J connectivity index is 1.55. The van der Waals surface area contributed by atoms with E-state index in [4.69, 9.17) is 14.7 Å². The van der Waals surface area contributed by atoms with Crippen molar-refractivity contribution in [2.75, 3.05) is 42.3 Å². The lowest BCUT2D eigenvalue weighted by Crippen LogP contribution is -2.31. The molecule has 2 aromatic rings. The molecule has 1 aliphatic carbocycles. The van der Waals surface area contributed by atoms with Crippen LogP contribution in [0.5, 0.6) is 0 Å². The van der Waals surface area contributed by atoms with Gasteiger partial charge in [0.15, 0.2) is 0 Å². The molecule has 4 rings (SSSR count). The fourth-order valence-electron chi connectivity index (χ4n) is 4.34. The van der Waals surface area contributed by atoms with Crippen LogP contribution >= 0.6 is 0 Å². The third-order valence-electron chi connectivity index (χ3n) is 6.54. The minimum Gasteiger partial charge on any atom is -0.379 e. The van der Waals surface area contributed by atoms with Crippen LogP contribution in [0.25, 0.3) is 11.3 Å². The predicted octanol–water partition coefficient (Wildman–Crippen LogP) is 4.67. The van der Waals surface area contributed by atoms with Crippen molar-refractivity contribution in [1.82, 2.24) is 15.0 Å². The molecule has 7 nitrogen and oxygen atoms in total. The molecule has 1 saturated heterocycles. The summed E-state index contributed by atoms with van der Waals surface area (Å²) < 4.78 is 19.2. The fourth-order valence-corrected chi connectivity index (χ4v) is 4.34. The van der Waals surface area contributed by atoms with Gasteiger partial charge in [0.25, 0.3) is 0 Å². The molecule has 2 aliphatic rings. The number of pyridine rings is 1. The normalized spacial score (nSPS) is 20.2. The van der Waals surface area contributed by atoms with Gasteiger partial charge in [0.05, 0.1) is 35.8 Å². The summed E-state index contributed by atoms with van der Waals surface area (Å²) in [6, 6.07) is 4.89. The van der Waals surface area contributed by atoms with Gasteiger partial charge in [-0.1, -0.05) is 26.2 Å². The highest BCUT2D eigenvalue weighted by Gasteiger charge is 2.22. The highest BCUT2D eigenvalue weighted by Crippen LogP contribution is 2.30. The van der Waals surface area contributed by atoms with Crippen molar-refractivity contribution < 1.29 is 9.13 Å². The molecular formula is C24H35FN6O. The van der Waals surface area contributed by atoms with Crippen molar-refractivity contribution in [3.05, 3.63) is 24.5 Å². The number of alkyl halides is 1. The summed E-state index contributed by atoms with van der Waals surface area (Å²) in [5, 5.41) is 6.65. The van der Waals surface area contributed by atoms with Crippen LogP contribution in [0.4, 0.5) is 21.8 Å². The second-order valence-electron chi connectivity index (χ2n) is 8.85. The number of rotatable bonds is 9. The molecule has 2 N–H and O–H groups in total. The van der Waals surface area contributed by atoms with Crippen LogP contribution in [-0.4, -0.2) is 60.0 Å². The van der Waals surface area contributed by atoms with Gasteiger partial charge in [-0.25, -0.2) is 9.37 Å². The van der Waals surface area contributed by atoms with Gasteiger partial charge in [0.2, 0.25) is 5.95 Å². The van der Waals surface area contributed by atoms with Gasteiger partial charge in [0.1, 0.15) is 12.0 Å². The molecule has 2 aromatic heterocycles. The third-order valence-corrected chi connectivity index (χ3v) is 6.54. The maximum Gasteiger partial charge on any atom is 0.224 e. The Kier molecular flexibility index (Phi) is 7.73. The maximum atomic E-state index is 13.7. The van der Waals surface area contributed by atoms with E-state index in [0.29, 0.717) is 24.5 Å². The maximum absolute atomic E-state index is 13.7. The lowest BCUT2D eigenvalue weighted by Gasteiger charge is -2.26. The van der Waals surface area contributed by atoms with E-state index in [1.165, 1.54) is 19.3 Å². The zero-order chi connectivity index (χ0) is 22.3. The first kappa shape index (κ1) is 22.7. The van der Waals surface area contributed by atoms with Crippen LogP contribution < -0.4 is 15.5 Å². The SMILES string of the molecule is CCC(F)CNc1ncc(-c2ccc(N(C)C3CCOC3)cn2)c(NC2CCCCC2)n1. The molecule has 174 valence electrons. The molecule has 1 aliphatic heterocycles. The molecule has 32 heavy (non-hydrogen) atoms. The van der Waals surface area contributed by atoms with E-state index in [0.717, 1.165) is 55.2 Å². The lowest BCUT2D eigenvalue weighted by molar-refractivity contribution is 0.193. The molecule has 0 aromatic carbocycles. The van der Waals surface area contributed by atoms with Crippen molar-refractivity contribution in [1.29, 1.82) is 0 Å². The molecule has 8 heteroatoms. The van der Waals surface area contributed by atoms with Gasteiger partial charge in [0, 0.05) is 32.4 Å². The third kappa shape index (κ3) is 5.65. The van der Waals surface area contributed by atoms with Gasteiger partial charge >= 0.3 is 0 Å². The summed E-state index contributed by atoms with van der Waals surface area (Å²) >= 11 is 0. The van der Waals surface area contributed by atoms with Crippen molar-refractivity contribution in [2.24, 2.45) is 0 Å². The molecule has 1 saturated carbocycles. The Bertz CT molecular complexity index is 852. The summed E-state index contributed by atoms with van der Waals surface area (Å²) in [6.07, 6.45) is 10.3. The average Bonchev–Trinajstić information content (AvgIpc) is 3.38. The summed E-state index contributed by atoms with van der Waals surface area (Å²) in [5.41, 5.74) is 2.76. The van der Waals surface area contributed by atoms with Gasteiger partial charge in [-0.15, -0.1) is 0 Å². The molecular weight excluding hydrogens is 407 g/mol. The topological polar surface area (TPSA) is 75.2 Å². The van der Waals surface area contributed by atoms with E-state index < -0.39 is 6.17 Å². The predicted molar refractivity (Wildman–Crippen MR) is 127 cm³/mol. The first-order valence-corrected chi connectivity index (χ1v) is 11.9. The smallest absolute Gasteiger partial charge is 0.224 e. The van der Waals surface area contributed by atoms with Gasteiger partial charge in [-0.3, -0.25) is 4.98 Å². The van der Waals surface area contributed by atoms with E-state index >= 15 is 0 Å². The first-order valence-electron chi connectivity index (χ1n) is 11.9. The van der Waals surface area contributed by atoms with Gasteiger partial charge in [-0.05, 0) is 37.8 Å². The first-order chi connectivity index (χ1) is 15.6.